The van der Waals surface area contributed by atoms with Gasteiger partial charge in [-0.1, -0.05) is 0 Å². The molecule has 1 atom stereocenters. The van der Waals surface area contributed by atoms with Crippen LogP contribution < -0.4 is 0 Å². The van der Waals surface area contributed by atoms with E-state index >= 15 is 0 Å². The van der Waals surface area contributed by atoms with E-state index in [4.69, 9.17) is 4.74 Å². The predicted octanol–water partition coefficient (Wildman–Crippen LogP) is 1.71. The molecule has 0 aromatic carbocycles. The molecule has 6 nitrogen and oxygen atoms in total. The Hall–Kier alpha value is -0.660. The molecule has 0 radical (unpaired) electrons. The van der Waals surface area contributed by atoms with E-state index < -0.39 is 15.3 Å². The summed E-state index contributed by atoms with van der Waals surface area (Å²) in [5.74, 6) is 3.27. The molecule has 2 aliphatic heterocycles. The first kappa shape index (κ1) is 18.4. The normalized spacial score (nSPS) is 42.4. The van der Waals surface area contributed by atoms with Gasteiger partial charge in [0.2, 0.25) is 15.9 Å². The Kier molecular flexibility index (Phi) is 4.76. The van der Waals surface area contributed by atoms with Crippen molar-refractivity contribution in [3.05, 3.63) is 0 Å². The van der Waals surface area contributed by atoms with Crippen molar-refractivity contribution < 1.29 is 17.9 Å². The summed E-state index contributed by atoms with van der Waals surface area (Å²) < 4.78 is 33.0. The number of carbonyl (C=O) groups excluding carboxylic acids is 1. The highest BCUT2D eigenvalue weighted by molar-refractivity contribution is 7.89. The Bertz CT molecular complexity index is 660. The molecule has 0 N–H and O–H groups in total. The lowest BCUT2D eigenvalue weighted by Gasteiger charge is -2.54. The smallest absolute Gasteiger partial charge is 0.226 e. The van der Waals surface area contributed by atoms with Crippen LogP contribution in [-0.2, 0) is 19.6 Å². The third kappa shape index (κ3) is 3.23. The molecule has 0 aromatic heterocycles. The van der Waals surface area contributed by atoms with Crippen LogP contribution in [0.15, 0.2) is 0 Å². The molecule has 2 saturated heterocycles. The van der Waals surface area contributed by atoms with E-state index in [-0.39, 0.29) is 11.8 Å². The Balaban J connectivity index is 1.29. The van der Waals surface area contributed by atoms with Gasteiger partial charge in [-0.3, -0.25) is 4.79 Å². The second-order valence-electron chi connectivity index (χ2n) is 9.56. The summed E-state index contributed by atoms with van der Waals surface area (Å²) >= 11 is 0. The monoisotopic (exact) mass is 396 g/mol. The number of ether oxygens (including phenoxy) is 1. The average Bonchev–Trinajstić information content (AvgIpc) is 2.68. The van der Waals surface area contributed by atoms with E-state index in [2.05, 4.69) is 0 Å². The van der Waals surface area contributed by atoms with Gasteiger partial charge in [0.05, 0.1) is 18.5 Å². The number of hydrogen-bond acceptors (Lipinski definition) is 4. The van der Waals surface area contributed by atoms with Gasteiger partial charge in [-0.2, -0.15) is 4.31 Å². The number of rotatable bonds is 3. The molecule has 6 rings (SSSR count). The van der Waals surface area contributed by atoms with Gasteiger partial charge < -0.3 is 9.64 Å². The summed E-state index contributed by atoms with van der Waals surface area (Å²) in [5, 5.41) is -0.440. The largest absolute Gasteiger partial charge is 0.379 e. The fourth-order valence-electron chi connectivity index (χ4n) is 6.93. The lowest BCUT2D eigenvalue weighted by Crippen LogP contribution is -2.56. The van der Waals surface area contributed by atoms with Crippen LogP contribution in [0.2, 0.25) is 0 Å². The van der Waals surface area contributed by atoms with Crippen molar-refractivity contribution in [3.8, 4) is 0 Å². The van der Waals surface area contributed by atoms with Gasteiger partial charge in [-0.05, 0) is 68.6 Å². The second kappa shape index (κ2) is 6.99. The summed E-state index contributed by atoms with van der Waals surface area (Å²) in [7, 11) is -3.34. The molecule has 7 heteroatoms. The molecule has 152 valence electrons. The first-order valence-electron chi connectivity index (χ1n) is 10.9. The summed E-state index contributed by atoms with van der Waals surface area (Å²) in [6, 6.07) is 0. The Labute approximate surface area is 162 Å². The maximum atomic E-state index is 13.4. The highest BCUT2D eigenvalue weighted by Gasteiger charge is 2.52. The molecule has 27 heavy (non-hydrogen) atoms. The van der Waals surface area contributed by atoms with E-state index in [1.165, 1.54) is 32.1 Å². The zero-order valence-corrected chi connectivity index (χ0v) is 16.9. The van der Waals surface area contributed by atoms with Gasteiger partial charge in [0.1, 0.15) is 0 Å². The Morgan fingerprint density at radius 3 is 2.15 bits per heavy atom. The van der Waals surface area contributed by atoms with Crippen LogP contribution in [0, 0.1) is 29.6 Å². The van der Waals surface area contributed by atoms with E-state index in [0.29, 0.717) is 51.1 Å². The van der Waals surface area contributed by atoms with Gasteiger partial charge in [-0.15, -0.1) is 0 Å². The van der Waals surface area contributed by atoms with Crippen molar-refractivity contribution in [2.75, 3.05) is 39.4 Å². The number of nitrogens with zero attached hydrogens (tertiary/aromatic N) is 2. The van der Waals surface area contributed by atoms with Gasteiger partial charge in [0.15, 0.2) is 0 Å². The number of sulfonamides is 1. The first-order chi connectivity index (χ1) is 13.0. The van der Waals surface area contributed by atoms with Crippen LogP contribution >= 0.6 is 0 Å². The first-order valence-corrected chi connectivity index (χ1v) is 12.4. The molecule has 0 aromatic rings. The molecule has 6 fully saturated rings. The van der Waals surface area contributed by atoms with Crippen molar-refractivity contribution >= 4 is 15.9 Å². The molecular formula is C20H32N2O4S. The maximum Gasteiger partial charge on any atom is 0.226 e. The molecule has 4 aliphatic carbocycles. The van der Waals surface area contributed by atoms with Crippen LogP contribution in [0.4, 0.5) is 0 Å². The van der Waals surface area contributed by atoms with Crippen LogP contribution in [0.3, 0.4) is 0 Å². The molecule has 2 heterocycles. The summed E-state index contributed by atoms with van der Waals surface area (Å²) in [6.45, 7) is 2.97. The van der Waals surface area contributed by atoms with Gasteiger partial charge in [0.25, 0.3) is 0 Å². The third-order valence-electron chi connectivity index (χ3n) is 7.95. The lowest BCUT2D eigenvalue weighted by molar-refractivity contribution is -0.149. The van der Waals surface area contributed by atoms with E-state index in [0.717, 1.165) is 24.8 Å². The average molecular weight is 397 g/mol. The highest BCUT2D eigenvalue weighted by Crippen LogP contribution is 2.57. The number of carbonyl (C=O) groups is 1. The number of amides is 1. The summed E-state index contributed by atoms with van der Waals surface area (Å²) in [5.41, 5.74) is 0. The molecule has 0 spiro atoms. The molecule has 1 amide bonds. The topological polar surface area (TPSA) is 66.9 Å². The molecule has 6 aliphatic rings. The summed E-state index contributed by atoms with van der Waals surface area (Å²) in [6.07, 6.45) is 7.77. The second-order valence-corrected chi connectivity index (χ2v) is 11.8. The quantitative estimate of drug-likeness (QED) is 0.728. The van der Waals surface area contributed by atoms with E-state index in [1.807, 2.05) is 4.90 Å². The predicted molar refractivity (Wildman–Crippen MR) is 101 cm³/mol. The van der Waals surface area contributed by atoms with E-state index in [9.17, 15) is 13.2 Å². The van der Waals surface area contributed by atoms with Crippen LogP contribution in [0.5, 0.6) is 0 Å². The standard InChI is InChI=1S/C20H32N2O4S/c23-20(19-16-9-14-8-15(11-16)12-17(19)10-14)21-3-1-2-18(13-21)27(24,25)22-4-6-26-7-5-22/h14-19H,1-13H2. The van der Waals surface area contributed by atoms with Gasteiger partial charge >= 0.3 is 0 Å². The van der Waals surface area contributed by atoms with E-state index in [1.54, 1.807) is 4.31 Å². The van der Waals surface area contributed by atoms with Crippen molar-refractivity contribution in [3.63, 3.8) is 0 Å². The van der Waals surface area contributed by atoms with Crippen molar-refractivity contribution in [1.29, 1.82) is 0 Å². The minimum absolute atomic E-state index is 0.169. The number of likely N-dealkylation sites (tertiary alicyclic amines) is 1. The number of morpholine rings is 1. The van der Waals surface area contributed by atoms with Crippen LogP contribution in [-0.4, -0.2) is 68.2 Å². The van der Waals surface area contributed by atoms with Gasteiger partial charge in [0, 0.05) is 32.1 Å². The maximum absolute atomic E-state index is 13.4. The molecule has 4 saturated carbocycles. The summed E-state index contributed by atoms with van der Waals surface area (Å²) in [4.78, 5) is 15.4. The molecular weight excluding hydrogens is 364 g/mol. The van der Waals surface area contributed by atoms with Gasteiger partial charge in [-0.25, -0.2) is 8.42 Å². The SMILES string of the molecule is O=C(C1C2CC3CC(C2)CC1C3)N1CCCC(S(=O)(=O)N2CCOCC2)C1. The fraction of sp³-hybridized carbons (Fsp3) is 0.950. The zero-order valence-electron chi connectivity index (χ0n) is 16.1. The fourth-order valence-corrected chi connectivity index (χ4v) is 8.85. The highest BCUT2D eigenvalue weighted by atomic mass is 32.2. The third-order valence-corrected chi connectivity index (χ3v) is 10.3. The number of hydrogen-bond donors (Lipinski definition) is 0. The Morgan fingerprint density at radius 1 is 0.889 bits per heavy atom. The molecule has 1 unspecified atom stereocenters. The minimum atomic E-state index is -3.34. The number of piperidine rings is 1. The Morgan fingerprint density at radius 2 is 1.52 bits per heavy atom. The van der Waals surface area contributed by atoms with Crippen molar-refractivity contribution in [2.45, 2.75) is 50.2 Å². The minimum Gasteiger partial charge on any atom is -0.379 e. The van der Waals surface area contributed by atoms with Crippen LogP contribution in [0.1, 0.15) is 44.9 Å². The molecule has 4 bridgehead atoms. The lowest BCUT2D eigenvalue weighted by atomic mass is 9.51. The van der Waals surface area contributed by atoms with Crippen LogP contribution in [0.25, 0.3) is 0 Å². The zero-order chi connectivity index (χ0) is 18.6. The van der Waals surface area contributed by atoms with Crippen molar-refractivity contribution in [2.24, 2.45) is 29.6 Å². The van der Waals surface area contributed by atoms with Crippen molar-refractivity contribution in [1.82, 2.24) is 9.21 Å².